The van der Waals surface area contributed by atoms with E-state index in [-0.39, 0.29) is 35.4 Å². The molecule has 0 radical (unpaired) electrons. The predicted octanol–water partition coefficient (Wildman–Crippen LogP) is 4.20. The van der Waals surface area contributed by atoms with Crippen LogP contribution in [-0.4, -0.2) is 48.1 Å². The van der Waals surface area contributed by atoms with Crippen molar-refractivity contribution in [3.05, 3.63) is 52.3 Å². The molecule has 1 aromatic heterocycles. The molecule has 1 aliphatic heterocycles. The zero-order valence-electron chi connectivity index (χ0n) is 20.5. The quantitative estimate of drug-likeness (QED) is 0.307. The molecule has 1 aromatic carbocycles. The van der Waals surface area contributed by atoms with Crippen molar-refractivity contribution in [3.63, 3.8) is 0 Å². The van der Waals surface area contributed by atoms with Crippen LogP contribution in [0.25, 0.3) is 0 Å². The highest BCUT2D eigenvalue weighted by molar-refractivity contribution is 14.0. The van der Waals surface area contributed by atoms with Crippen molar-refractivity contribution in [3.8, 4) is 0 Å². The van der Waals surface area contributed by atoms with Crippen LogP contribution in [0, 0.1) is 20.8 Å². The third kappa shape index (κ3) is 6.25. The Hall–Kier alpha value is -1.61. The molecule has 0 spiro atoms. The molecule has 6 nitrogen and oxygen atoms in total. The van der Waals surface area contributed by atoms with Gasteiger partial charge < -0.3 is 15.4 Å². The topological polar surface area (TPSA) is 63.5 Å². The molecular formula is C25H40IN5O. The molecule has 1 atom stereocenters. The zero-order chi connectivity index (χ0) is 22.4. The van der Waals surface area contributed by atoms with Gasteiger partial charge in [-0.2, -0.15) is 5.10 Å². The zero-order valence-corrected chi connectivity index (χ0v) is 22.8. The van der Waals surface area contributed by atoms with Gasteiger partial charge in [-0.05, 0) is 70.6 Å². The third-order valence-electron chi connectivity index (χ3n) is 6.60. The van der Waals surface area contributed by atoms with Crippen molar-refractivity contribution in [2.45, 2.75) is 65.3 Å². The third-order valence-corrected chi connectivity index (χ3v) is 6.60. The lowest BCUT2D eigenvalue weighted by Gasteiger charge is -2.37. The molecule has 2 heterocycles. The van der Waals surface area contributed by atoms with Crippen LogP contribution in [0.3, 0.4) is 0 Å². The fraction of sp³-hybridized carbons (Fsp3) is 0.600. The highest BCUT2D eigenvalue weighted by Crippen LogP contribution is 2.37. The molecule has 7 heteroatoms. The summed E-state index contributed by atoms with van der Waals surface area (Å²) < 4.78 is 7.67. The molecule has 0 aliphatic carbocycles. The second-order valence-corrected chi connectivity index (χ2v) is 8.93. The lowest BCUT2D eigenvalue weighted by Crippen LogP contribution is -2.45. The van der Waals surface area contributed by atoms with Gasteiger partial charge in [0, 0.05) is 44.0 Å². The lowest BCUT2D eigenvalue weighted by molar-refractivity contribution is 0.0529. The van der Waals surface area contributed by atoms with Gasteiger partial charge in [0.2, 0.25) is 0 Å². The summed E-state index contributed by atoms with van der Waals surface area (Å²) in [5.74, 6) is 0.883. The minimum Gasteiger partial charge on any atom is -0.381 e. The number of ether oxygens (including phenoxy) is 1. The van der Waals surface area contributed by atoms with E-state index in [0.29, 0.717) is 0 Å². The molecule has 2 aromatic rings. The van der Waals surface area contributed by atoms with Gasteiger partial charge in [0.05, 0.1) is 12.2 Å². The summed E-state index contributed by atoms with van der Waals surface area (Å²) in [6.07, 6.45) is 2.93. The fourth-order valence-corrected chi connectivity index (χ4v) is 4.70. The number of hydrogen-bond acceptors (Lipinski definition) is 3. The van der Waals surface area contributed by atoms with Crippen LogP contribution in [0.15, 0.2) is 29.3 Å². The van der Waals surface area contributed by atoms with Gasteiger partial charge >= 0.3 is 0 Å². The first-order chi connectivity index (χ1) is 14.9. The monoisotopic (exact) mass is 553 g/mol. The van der Waals surface area contributed by atoms with Crippen molar-refractivity contribution in [2.24, 2.45) is 12.0 Å². The Labute approximate surface area is 210 Å². The number of benzene rings is 1. The predicted molar refractivity (Wildman–Crippen MR) is 143 cm³/mol. The minimum atomic E-state index is 0. The largest absolute Gasteiger partial charge is 0.381 e. The van der Waals surface area contributed by atoms with E-state index >= 15 is 0 Å². The second kappa shape index (κ2) is 12.0. The highest BCUT2D eigenvalue weighted by Gasteiger charge is 2.35. The molecule has 0 amide bonds. The van der Waals surface area contributed by atoms with E-state index in [1.807, 2.05) is 11.7 Å². The average Bonchev–Trinajstić information content (AvgIpc) is 2.99. The summed E-state index contributed by atoms with van der Waals surface area (Å²) in [4.78, 5) is 5.08. The van der Waals surface area contributed by atoms with E-state index in [9.17, 15) is 0 Å². The number of guanidine groups is 1. The van der Waals surface area contributed by atoms with E-state index in [1.54, 1.807) is 0 Å². The van der Waals surface area contributed by atoms with Crippen LogP contribution in [0.2, 0.25) is 0 Å². The Morgan fingerprint density at radius 3 is 2.50 bits per heavy atom. The number of nitrogens with one attached hydrogen (secondary N) is 2. The minimum absolute atomic E-state index is 0. The number of aliphatic imine (C=N–C) groups is 1. The number of rotatable bonds is 7. The number of aromatic nitrogens is 2. The Kier molecular flexibility index (Phi) is 10.0. The SMILES string of the molecule is CCNC(=NCC1(c2ccccc2C)CCOCC1)NC(C)Cc1c(C)nn(C)c1C.I. The first-order valence-electron chi connectivity index (χ1n) is 11.5. The van der Waals surface area contributed by atoms with Gasteiger partial charge in [0.1, 0.15) is 0 Å². The second-order valence-electron chi connectivity index (χ2n) is 8.93. The molecule has 3 rings (SSSR count). The molecule has 2 N–H and O–H groups in total. The smallest absolute Gasteiger partial charge is 0.191 e. The first-order valence-corrected chi connectivity index (χ1v) is 11.5. The Morgan fingerprint density at radius 1 is 1.22 bits per heavy atom. The van der Waals surface area contributed by atoms with Gasteiger partial charge in [0.25, 0.3) is 0 Å². The fourth-order valence-electron chi connectivity index (χ4n) is 4.70. The number of nitrogens with zero attached hydrogens (tertiary/aromatic N) is 3. The maximum atomic E-state index is 5.71. The number of aryl methyl sites for hydroxylation is 3. The molecule has 178 valence electrons. The van der Waals surface area contributed by atoms with Crippen molar-refractivity contribution >= 4 is 29.9 Å². The maximum Gasteiger partial charge on any atom is 0.191 e. The summed E-state index contributed by atoms with van der Waals surface area (Å²) in [6, 6.07) is 8.99. The summed E-state index contributed by atoms with van der Waals surface area (Å²) in [6.45, 7) is 13.9. The maximum absolute atomic E-state index is 5.71. The number of hydrogen-bond donors (Lipinski definition) is 2. The molecule has 32 heavy (non-hydrogen) atoms. The van der Waals surface area contributed by atoms with Crippen LogP contribution in [-0.2, 0) is 23.6 Å². The van der Waals surface area contributed by atoms with Crippen molar-refractivity contribution in [2.75, 3.05) is 26.3 Å². The van der Waals surface area contributed by atoms with Gasteiger partial charge in [-0.3, -0.25) is 9.67 Å². The molecule has 1 fully saturated rings. The molecule has 1 aliphatic rings. The number of halogens is 1. The summed E-state index contributed by atoms with van der Waals surface area (Å²) >= 11 is 0. The average molecular weight is 554 g/mol. The molecule has 1 unspecified atom stereocenters. The highest BCUT2D eigenvalue weighted by atomic mass is 127. The van der Waals surface area contributed by atoms with E-state index in [0.717, 1.165) is 57.2 Å². The molecule has 0 bridgehead atoms. The van der Waals surface area contributed by atoms with Crippen molar-refractivity contribution < 1.29 is 4.74 Å². The van der Waals surface area contributed by atoms with Crippen LogP contribution < -0.4 is 10.6 Å². The molecular weight excluding hydrogens is 513 g/mol. The van der Waals surface area contributed by atoms with Crippen LogP contribution in [0.5, 0.6) is 0 Å². The first kappa shape index (κ1) is 26.6. The lowest BCUT2D eigenvalue weighted by atomic mass is 9.72. The van der Waals surface area contributed by atoms with E-state index < -0.39 is 0 Å². The summed E-state index contributed by atoms with van der Waals surface area (Å²) in [7, 11) is 2.01. The summed E-state index contributed by atoms with van der Waals surface area (Å²) in [5.41, 5.74) is 6.44. The van der Waals surface area contributed by atoms with Gasteiger partial charge in [-0.15, -0.1) is 24.0 Å². The van der Waals surface area contributed by atoms with Gasteiger partial charge in [0.15, 0.2) is 5.96 Å². The van der Waals surface area contributed by atoms with Crippen molar-refractivity contribution in [1.29, 1.82) is 0 Å². The van der Waals surface area contributed by atoms with Crippen molar-refractivity contribution in [1.82, 2.24) is 20.4 Å². The van der Waals surface area contributed by atoms with E-state index in [1.165, 1.54) is 22.4 Å². The normalized spacial score (nSPS) is 16.9. The standard InChI is InChI=1S/C25H39N5O.HI/c1-7-26-24(28-19(3)16-22-20(4)29-30(6)21(22)5)27-17-25(12-14-31-15-13-25)23-11-9-8-10-18(23)2;/h8-11,19H,7,12-17H2,1-6H3,(H2,26,27,28);1H. The molecule has 0 saturated carbocycles. The summed E-state index contributed by atoms with van der Waals surface area (Å²) in [5, 5.41) is 11.6. The van der Waals surface area contributed by atoms with Gasteiger partial charge in [-0.1, -0.05) is 24.3 Å². The van der Waals surface area contributed by atoms with Crippen LogP contribution in [0.1, 0.15) is 54.8 Å². The Balaban J connectivity index is 0.00000363. The molecule has 1 saturated heterocycles. The van der Waals surface area contributed by atoms with Crippen LogP contribution >= 0.6 is 24.0 Å². The van der Waals surface area contributed by atoms with Gasteiger partial charge in [-0.25, -0.2) is 0 Å². The van der Waals surface area contributed by atoms with E-state index in [4.69, 9.17) is 9.73 Å². The Bertz CT molecular complexity index is 902. The van der Waals surface area contributed by atoms with Crippen LogP contribution in [0.4, 0.5) is 0 Å². The van der Waals surface area contributed by atoms with E-state index in [2.05, 4.69) is 74.6 Å². The Morgan fingerprint density at radius 2 is 1.91 bits per heavy atom.